The van der Waals surface area contributed by atoms with Crippen molar-refractivity contribution >= 4 is 41.5 Å². The lowest BCUT2D eigenvalue weighted by atomic mass is 10.1. The number of hydrogen-bond acceptors (Lipinski definition) is 8. The topological polar surface area (TPSA) is 216 Å². The Labute approximate surface area is 257 Å². The zero-order chi connectivity index (χ0) is 32.5. The van der Waals surface area contributed by atoms with Crippen LogP contribution in [0.1, 0.15) is 71.1 Å². The fourth-order valence-corrected chi connectivity index (χ4v) is 4.75. The first-order valence-corrected chi connectivity index (χ1v) is 15.5. The molecule has 0 aromatic rings. The Morgan fingerprint density at radius 3 is 2.23 bits per heavy atom. The number of amides is 2. The van der Waals surface area contributed by atoms with E-state index in [0.717, 1.165) is 24.6 Å². The van der Waals surface area contributed by atoms with E-state index in [4.69, 9.17) is 21.1 Å². The summed E-state index contributed by atoms with van der Waals surface area (Å²) in [7, 11) is 0. The highest BCUT2D eigenvalue weighted by molar-refractivity contribution is 8.00. The summed E-state index contributed by atoms with van der Waals surface area (Å²) in [5.74, 6) is -5.01. The molecule has 0 bridgehead atoms. The number of carbonyl (C=O) groups is 5. The number of aliphatic hydroxyl groups excluding tert-OH is 1. The molecular weight excluding hydrogens is 578 g/mol. The van der Waals surface area contributed by atoms with E-state index in [2.05, 4.69) is 29.7 Å². The van der Waals surface area contributed by atoms with E-state index in [1.54, 1.807) is 18.2 Å². The van der Waals surface area contributed by atoms with Crippen molar-refractivity contribution in [1.82, 2.24) is 10.6 Å². The molecule has 0 radical (unpaired) electrons. The van der Waals surface area contributed by atoms with Gasteiger partial charge in [0.15, 0.2) is 0 Å². The largest absolute Gasteiger partial charge is 0.481 e. The van der Waals surface area contributed by atoms with Crippen LogP contribution in [0, 0.1) is 0 Å². The second kappa shape index (κ2) is 25.1. The van der Waals surface area contributed by atoms with Gasteiger partial charge in [0.25, 0.3) is 0 Å². The predicted molar refractivity (Wildman–Crippen MR) is 166 cm³/mol. The van der Waals surface area contributed by atoms with Crippen LogP contribution in [0.3, 0.4) is 0 Å². The maximum Gasteiger partial charge on any atom is 0.322 e. The van der Waals surface area contributed by atoms with Crippen molar-refractivity contribution in [3.05, 3.63) is 48.6 Å². The van der Waals surface area contributed by atoms with Crippen LogP contribution in [0.15, 0.2) is 48.6 Å². The van der Waals surface area contributed by atoms with Crippen LogP contribution >= 0.6 is 11.8 Å². The number of aliphatic carboxylic acids is 3. The molecule has 13 heteroatoms. The zero-order valence-corrected chi connectivity index (χ0v) is 25.5. The maximum atomic E-state index is 12.6. The average Bonchev–Trinajstić information content (AvgIpc) is 2.95. The van der Waals surface area contributed by atoms with E-state index in [9.17, 15) is 29.1 Å². The summed E-state index contributed by atoms with van der Waals surface area (Å²) in [5.41, 5.74) is 5.43. The summed E-state index contributed by atoms with van der Waals surface area (Å²) in [6.45, 7) is 1.49. The standard InChI is InChI=1S/C30H47N3O9S/c1-2-3-4-5-6-7-8-9-10-11-12-13-16-25(24(34)15-14-17-27(36)37)43-21-23(29(40)32-20-28(38)39)33-26(35)19-18-22(31)30(41)42/h6-7,9-13,16,22-25,34H,2-5,8,14-15,17-21,31H2,1H3,(H,32,40)(H,33,35)(H,36,37)(H,38,39)(H,41,42)/b7-6+,10-9+,12-11+,16-13+/t22-,23-,24-,25-/m0/s1. The first-order chi connectivity index (χ1) is 20.5. The minimum Gasteiger partial charge on any atom is -0.481 e. The molecule has 0 aliphatic carbocycles. The molecule has 2 amide bonds. The third kappa shape index (κ3) is 22.8. The summed E-state index contributed by atoms with van der Waals surface area (Å²) in [6, 6.07) is -2.45. The van der Waals surface area contributed by atoms with E-state index in [-0.39, 0.29) is 37.9 Å². The van der Waals surface area contributed by atoms with Crippen LogP contribution in [0.2, 0.25) is 0 Å². The SMILES string of the molecule is CCCCC/C=C/C/C=C/C=C/C=C/[C@H](SC[C@H](NC(=O)CC[C@H](N)C(=O)O)C(=O)NCC(=O)O)[C@@H](O)CCCC(=O)O. The molecule has 0 aromatic heterocycles. The number of carboxylic acid groups (broad SMARTS) is 3. The van der Waals surface area contributed by atoms with E-state index >= 15 is 0 Å². The molecule has 4 atom stereocenters. The van der Waals surface area contributed by atoms with E-state index in [1.807, 2.05) is 18.2 Å². The zero-order valence-electron chi connectivity index (χ0n) is 24.7. The molecule has 0 unspecified atom stereocenters. The van der Waals surface area contributed by atoms with Gasteiger partial charge in [0.2, 0.25) is 11.8 Å². The van der Waals surface area contributed by atoms with Gasteiger partial charge in [-0.05, 0) is 38.5 Å². The van der Waals surface area contributed by atoms with E-state index in [0.29, 0.717) is 0 Å². The van der Waals surface area contributed by atoms with Gasteiger partial charge in [-0.25, -0.2) is 0 Å². The highest BCUT2D eigenvalue weighted by Gasteiger charge is 2.25. The highest BCUT2D eigenvalue weighted by atomic mass is 32.2. The molecular formula is C30H47N3O9S. The van der Waals surface area contributed by atoms with Crippen LogP contribution < -0.4 is 16.4 Å². The van der Waals surface area contributed by atoms with Crippen molar-refractivity contribution in [2.75, 3.05) is 12.3 Å². The van der Waals surface area contributed by atoms with Crippen molar-refractivity contribution in [3.8, 4) is 0 Å². The molecule has 0 spiro atoms. The molecule has 0 heterocycles. The second-order valence-electron chi connectivity index (χ2n) is 9.77. The first-order valence-electron chi connectivity index (χ1n) is 14.4. The molecule has 0 aliphatic rings. The number of hydrogen-bond donors (Lipinski definition) is 7. The molecule has 0 rings (SSSR count). The third-order valence-electron chi connectivity index (χ3n) is 5.97. The Morgan fingerprint density at radius 1 is 0.860 bits per heavy atom. The van der Waals surface area contributed by atoms with Gasteiger partial charge >= 0.3 is 17.9 Å². The van der Waals surface area contributed by atoms with Gasteiger partial charge in [-0.2, -0.15) is 0 Å². The summed E-state index contributed by atoms with van der Waals surface area (Å²) >= 11 is 1.13. The number of carboxylic acids is 3. The van der Waals surface area contributed by atoms with Gasteiger partial charge in [0.05, 0.1) is 6.10 Å². The number of thioether (sulfide) groups is 1. The number of carbonyl (C=O) groups excluding carboxylic acids is 2. The van der Waals surface area contributed by atoms with Crippen LogP contribution in [0.4, 0.5) is 0 Å². The molecule has 0 aliphatic heterocycles. The van der Waals surface area contributed by atoms with Crippen LogP contribution in [-0.4, -0.2) is 85.9 Å². The predicted octanol–water partition coefficient (Wildman–Crippen LogP) is 2.78. The maximum absolute atomic E-state index is 12.6. The fourth-order valence-electron chi connectivity index (χ4n) is 3.54. The van der Waals surface area contributed by atoms with E-state index in [1.165, 1.54) is 19.3 Å². The van der Waals surface area contributed by atoms with Gasteiger partial charge in [-0.15, -0.1) is 11.8 Å². The Bertz CT molecular complexity index is 982. The first kappa shape index (κ1) is 39.6. The molecule has 12 nitrogen and oxygen atoms in total. The minimum absolute atomic E-state index is 0.0542. The monoisotopic (exact) mass is 625 g/mol. The van der Waals surface area contributed by atoms with Crippen molar-refractivity contribution in [2.45, 2.75) is 94.6 Å². The molecule has 0 aromatic carbocycles. The molecule has 8 N–H and O–H groups in total. The van der Waals surface area contributed by atoms with Crippen molar-refractivity contribution in [2.24, 2.45) is 5.73 Å². The quantitative estimate of drug-likeness (QED) is 0.0444. The van der Waals surface area contributed by atoms with E-state index < -0.39 is 59.7 Å². The number of rotatable bonds is 25. The van der Waals surface area contributed by atoms with Crippen LogP contribution in [0.5, 0.6) is 0 Å². The molecule has 0 saturated carbocycles. The number of allylic oxidation sites excluding steroid dienone is 7. The van der Waals surface area contributed by atoms with Gasteiger partial charge in [0, 0.05) is 23.8 Å². The summed E-state index contributed by atoms with van der Waals surface area (Å²) < 4.78 is 0. The van der Waals surface area contributed by atoms with Gasteiger partial charge < -0.3 is 36.8 Å². The number of aliphatic hydroxyl groups is 1. The summed E-state index contributed by atoms with van der Waals surface area (Å²) in [4.78, 5) is 57.8. The average molecular weight is 626 g/mol. The van der Waals surface area contributed by atoms with Crippen molar-refractivity contribution in [3.63, 3.8) is 0 Å². The van der Waals surface area contributed by atoms with Crippen molar-refractivity contribution < 1.29 is 44.4 Å². The fraction of sp³-hybridized carbons (Fsp3) is 0.567. The van der Waals surface area contributed by atoms with Gasteiger partial charge in [-0.1, -0.05) is 68.4 Å². The van der Waals surface area contributed by atoms with Gasteiger partial charge in [0.1, 0.15) is 18.6 Å². The molecule has 242 valence electrons. The minimum atomic E-state index is -1.28. The van der Waals surface area contributed by atoms with Crippen LogP contribution in [-0.2, 0) is 24.0 Å². The Balaban J connectivity index is 5.38. The number of unbranched alkanes of at least 4 members (excludes halogenated alkanes) is 3. The van der Waals surface area contributed by atoms with Crippen LogP contribution in [0.25, 0.3) is 0 Å². The van der Waals surface area contributed by atoms with Crippen molar-refractivity contribution in [1.29, 1.82) is 0 Å². The summed E-state index contributed by atoms with van der Waals surface area (Å²) in [5, 5.41) is 41.6. The van der Waals surface area contributed by atoms with Gasteiger partial charge in [-0.3, -0.25) is 24.0 Å². The molecule has 0 saturated heterocycles. The number of nitrogens with one attached hydrogen (secondary N) is 2. The Morgan fingerprint density at radius 2 is 1.58 bits per heavy atom. The second-order valence-corrected chi connectivity index (χ2v) is 11.0. The lowest BCUT2D eigenvalue weighted by Gasteiger charge is -2.23. The smallest absolute Gasteiger partial charge is 0.322 e. The normalized spacial score (nSPS) is 14.7. The Kier molecular flexibility index (Phi) is 23.1. The number of nitrogens with two attached hydrogens (primary N) is 1. The lowest BCUT2D eigenvalue weighted by molar-refractivity contribution is -0.139. The summed E-state index contributed by atoms with van der Waals surface area (Å²) in [6.07, 6.45) is 19.5. The third-order valence-corrected chi connectivity index (χ3v) is 7.36. The lowest BCUT2D eigenvalue weighted by Crippen LogP contribution is -2.50. The highest BCUT2D eigenvalue weighted by Crippen LogP contribution is 2.22. The Hall–Kier alpha value is -3.42. The molecule has 0 fully saturated rings. The molecule has 43 heavy (non-hydrogen) atoms.